The summed E-state index contributed by atoms with van der Waals surface area (Å²) >= 11 is 0. The van der Waals surface area contributed by atoms with Crippen molar-refractivity contribution in [2.45, 2.75) is 83.9 Å². The van der Waals surface area contributed by atoms with Crippen molar-refractivity contribution < 1.29 is 22.3 Å². The SMILES string of the molecule is CCCCC1CCC(CCC2=CCc3c(ccc(-c4ccc(OC(F)(F)F)cc4)c3F)C2)CC1. The van der Waals surface area contributed by atoms with Crippen LogP contribution in [0.3, 0.4) is 0 Å². The topological polar surface area (TPSA) is 9.23 Å². The lowest BCUT2D eigenvalue weighted by atomic mass is 9.77. The maximum absolute atomic E-state index is 15.3. The van der Waals surface area contributed by atoms with Crippen LogP contribution in [0.25, 0.3) is 11.1 Å². The summed E-state index contributed by atoms with van der Waals surface area (Å²) in [5.41, 5.74) is 4.09. The van der Waals surface area contributed by atoms with Crippen molar-refractivity contribution in [2.24, 2.45) is 11.8 Å². The molecule has 0 spiro atoms. The van der Waals surface area contributed by atoms with E-state index in [2.05, 4.69) is 17.7 Å². The number of halogens is 4. The van der Waals surface area contributed by atoms with Crippen LogP contribution in [0.2, 0.25) is 0 Å². The first-order valence-corrected chi connectivity index (χ1v) is 12.7. The highest BCUT2D eigenvalue weighted by Crippen LogP contribution is 2.37. The molecular weight excluding hydrogens is 440 g/mol. The zero-order valence-electron chi connectivity index (χ0n) is 19.9. The molecule has 34 heavy (non-hydrogen) atoms. The van der Waals surface area contributed by atoms with Crippen molar-refractivity contribution in [3.05, 3.63) is 65.0 Å². The highest BCUT2D eigenvalue weighted by Gasteiger charge is 2.31. The number of rotatable bonds is 8. The van der Waals surface area contributed by atoms with Gasteiger partial charge < -0.3 is 4.74 Å². The van der Waals surface area contributed by atoms with Crippen LogP contribution in [0.15, 0.2) is 48.0 Å². The van der Waals surface area contributed by atoms with E-state index in [0.29, 0.717) is 23.1 Å². The van der Waals surface area contributed by atoms with E-state index in [0.717, 1.165) is 30.2 Å². The molecule has 0 amide bonds. The van der Waals surface area contributed by atoms with Crippen LogP contribution in [0, 0.1) is 17.7 Å². The maximum atomic E-state index is 15.3. The molecule has 0 atom stereocenters. The number of benzene rings is 2. The summed E-state index contributed by atoms with van der Waals surface area (Å²) in [6, 6.07) is 9.09. The summed E-state index contributed by atoms with van der Waals surface area (Å²) in [7, 11) is 0. The number of ether oxygens (including phenoxy) is 1. The number of alkyl halides is 3. The predicted molar refractivity (Wildman–Crippen MR) is 128 cm³/mol. The molecule has 0 aromatic heterocycles. The van der Waals surface area contributed by atoms with Gasteiger partial charge in [-0.05, 0) is 66.3 Å². The Hall–Kier alpha value is -2.30. The van der Waals surface area contributed by atoms with Crippen LogP contribution in [-0.4, -0.2) is 6.36 Å². The second-order valence-corrected chi connectivity index (χ2v) is 9.95. The lowest BCUT2D eigenvalue weighted by molar-refractivity contribution is -0.274. The van der Waals surface area contributed by atoms with Gasteiger partial charge in [0.15, 0.2) is 0 Å². The third-order valence-electron chi connectivity index (χ3n) is 7.56. The van der Waals surface area contributed by atoms with Crippen LogP contribution in [0.1, 0.15) is 75.8 Å². The van der Waals surface area contributed by atoms with E-state index in [1.165, 1.54) is 81.2 Å². The first kappa shape index (κ1) is 24.8. The Bertz CT molecular complexity index is 982. The smallest absolute Gasteiger partial charge is 0.406 e. The molecule has 1 saturated carbocycles. The van der Waals surface area contributed by atoms with Gasteiger partial charge in [-0.3, -0.25) is 0 Å². The number of unbranched alkanes of at least 4 members (excludes halogenated alkanes) is 1. The van der Waals surface area contributed by atoms with Gasteiger partial charge in [-0.1, -0.05) is 87.8 Å². The van der Waals surface area contributed by atoms with Crippen LogP contribution >= 0.6 is 0 Å². The largest absolute Gasteiger partial charge is 0.573 e. The van der Waals surface area contributed by atoms with Gasteiger partial charge in [0.1, 0.15) is 11.6 Å². The summed E-state index contributed by atoms with van der Waals surface area (Å²) in [5, 5.41) is 0. The summed E-state index contributed by atoms with van der Waals surface area (Å²) < 4.78 is 56.3. The Morgan fingerprint density at radius 3 is 2.24 bits per heavy atom. The normalized spacial score (nSPS) is 20.6. The van der Waals surface area contributed by atoms with Crippen molar-refractivity contribution in [3.63, 3.8) is 0 Å². The zero-order valence-corrected chi connectivity index (χ0v) is 19.9. The molecule has 0 saturated heterocycles. The van der Waals surface area contributed by atoms with Crippen molar-refractivity contribution >= 4 is 0 Å². The van der Waals surface area contributed by atoms with E-state index in [1.807, 2.05) is 6.07 Å². The first-order valence-electron chi connectivity index (χ1n) is 12.7. The minimum absolute atomic E-state index is 0.275. The van der Waals surface area contributed by atoms with Gasteiger partial charge in [-0.15, -0.1) is 13.2 Å². The fourth-order valence-electron chi connectivity index (χ4n) is 5.55. The highest BCUT2D eigenvalue weighted by atomic mass is 19.4. The van der Waals surface area contributed by atoms with Crippen LogP contribution < -0.4 is 4.74 Å². The molecule has 0 radical (unpaired) electrons. The molecule has 2 aliphatic rings. The monoisotopic (exact) mass is 474 g/mol. The van der Waals surface area contributed by atoms with Gasteiger partial charge in [0.05, 0.1) is 0 Å². The fourth-order valence-corrected chi connectivity index (χ4v) is 5.55. The Kier molecular flexibility index (Phi) is 8.00. The van der Waals surface area contributed by atoms with Crippen molar-refractivity contribution in [3.8, 4) is 16.9 Å². The third kappa shape index (κ3) is 6.43. The zero-order chi connectivity index (χ0) is 24.1. The van der Waals surface area contributed by atoms with Crippen molar-refractivity contribution in [1.82, 2.24) is 0 Å². The molecule has 0 heterocycles. The van der Waals surface area contributed by atoms with E-state index in [1.54, 1.807) is 6.07 Å². The maximum Gasteiger partial charge on any atom is 0.573 e. The van der Waals surface area contributed by atoms with E-state index < -0.39 is 6.36 Å². The molecule has 0 bridgehead atoms. The Morgan fingerprint density at radius 1 is 0.912 bits per heavy atom. The Balaban J connectivity index is 1.34. The molecule has 0 unspecified atom stereocenters. The number of hydrogen-bond donors (Lipinski definition) is 0. The third-order valence-corrected chi connectivity index (χ3v) is 7.56. The van der Waals surface area contributed by atoms with Gasteiger partial charge in [0.2, 0.25) is 0 Å². The van der Waals surface area contributed by atoms with E-state index in [-0.39, 0.29) is 11.6 Å². The predicted octanol–water partition coefficient (Wildman–Crippen LogP) is 9.19. The number of allylic oxidation sites excluding steroid dienone is 2. The number of hydrogen-bond acceptors (Lipinski definition) is 1. The van der Waals surface area contributed by atoms with Crippen molar-refractivity contribution in [2.75, 3.05) is 0 Å². The summed E-state index contributed by atoms with van der Waals surface area (Å²) in [5.74, 6) is 1.17. The van der Waals surface area contributed by atoms with Gasteiger partial charge in [0, 0.05) is 5.56 Å². The van der Waals surface area contributed by atoms with Gasteiger partial charge in [-0.2, -0.15) is 0 Å². The Labute approximate surface area is 200 Å². The second-order valence-electron chi connectivity index (χ2n) is 9.95. The summed E-state index contributed by atoms with van der Waals surface area (Å²) in [6.45, 7) is 2.27. The molecule has 1 fully saturated rings. The minimum Gasteiger partial charge on any atom is -0.406 e. The summed E-state index contributed by atoms with van der Waals surface area (Å²) in [4.78, 5) is 0. The molecule has 1 nitrogen and oxygen atoms in total. The average Bonchev–Trinajstić information content (AvgIpc) is 2.82. The first-order chi connectivity index (χ1) is 16.3. The number of fused-ring (bicyclic) bond motifs is 1. The van der Waals surface area contributed by atoms with E-state index in [9.17, 15) is 13.2 Å². The Morgan fingerprint density at radius 2 is 1.59 bits per heavy atom. The van der Waals surface area contributed by atoms with Crippen molar-refractivity contribution in [1.29, 1.82) is 0 Å². The fraction of sp³-hybridized carbons (Fsp3) is 0.517. The molecule has 2 aliphatic carbocycles. The van der Waals surface area contributed by atoms with Gasteiger partial charge in [0.25, 0.3) is 0 Å². The van der Waals surface area contributed by atoms with E-state index in [4.69, 9.17) is 0 Å². The van der Waals surface area contributed by atoms with Crippen LogP contribution in [0.4, 0.5) is 17.6 Å². The van der Waals surface area contributed by atoms with Gasteiger partial charge in [-0.25, -0.2) is 4.39 Å². The van der Waals surface area contributed by atoms with Gasteiger partial charge >= 0.3 is 6.36 Å². The standard InChI is InChI=1S/C29H34F4O/c1-2-3-4-20-5-7-21(8-6-20)9-10-22-11-17-27-24(19-22)14-18-26(28(27)30)23-12-15-25(16-13-23)34-29(31,32)33/h11-16,18,20-21H,2-10,17,19H2,1H3. The van der Waals surface area contributed by atoms with Crippen LogP contribution in [-0.2, 0) is 12.8 Å². The average molecular weight is 475 g/mol. The quantitative estimate of drug-likeness (QED) is 0.274. The molecule has 184 valence electrons. The van der Waals surface area contributed by atoms with E-state index >= 15 is 4.39 Å². The molecule has 5 heteroatoms. The molecular formula is C29H34F4O. The molecule has 0 N–H and O–H groups in total. The molecule has 2 aromatic carbocycles. The molecule has 0 aliphatic heterocycles. The molecule has 2 aromatic rings. The lowest BCUT2D eigenvalue weighted by Crippen LogP contribution is -2.16. The minimum atomic E-state index is -4.74. The second kappa shape index (κ2) is 11.0. The molecule has 4 rings (SSSR count). The lowest BCUT2D eigenvalue weighted by Gasteiger charge is -2.29. The summed E-state index contributed by atoms with van der Waals surface area (Å²) in [6.07, 6.45) is 10.6. The highest BCUT2D eigenvalue weighted by molar-refractivity contribution is 5.67. The van der Waals surface area contributed by atoms with Crippen LogP contribution in [0.5, 0.6) is 5.75 Å².